The number of phenols is 1. The lowest BCUT2D eigenvalue weighted by atomic mass is 10.1. The summed E-state index contributed by atoms with van der Waals surface area (Å²) in [5.74, 6) is 1.40. The summed E-state index contributed by atoms with van der Waals surface area (Å²) in [5, 5.41) is 14.7. The number of aldehydes is 1. The quantitative estimate of drug-likeness (QED) is 0.286. The molecule has 0 unspecified atom stereocenters. The number of nitrogen functional groups attached to an aromatic ring is 1. The molecule has 8 rings (SSSR count). The molecule has 0 spiro atoms. The number of carbonyl (C=O) groups excluding carboxylic acids is 1. The molecule has 1 atom stereocenters. The van der Waals surface area contributed by atoms with Crippen molar-refractivity contribution in [2.75, 3.05) is 5.73 Å². The molecule has 12 heteroatoms. The third-order valence-electron chi connectivity index (χ3n) is 8.13. The van der Waals surface area contributed by atoms with Crippen molar-refractivity contribution in [3.63, 3.8) is 0 Å². The summed E-state index contributed by atoms with van der Waals surface area (Å²) < 4.78 is 5.27. The molecule has 1 aliphatic carbocycles. The second-order valence-electron chi connectivity index (χ2n) is 10.6. The summed E-state index contributed by atoms with van der Waals surface area (Å²) in [6.07, 6.45) is 8.63. The average molecular weight is 582 g/mol. The first-order chi connectivity index (χ1) is 21.5. The number of anilines is 1. The average Bonchev–Trinajstić information content (AvgIpc) is 3.80. The zero-order valence-corrected chi connectivity index (χ0v) is 23.1. The molecule has 12 nitrogen and oxygen atoms in total. The summed E-state index contributed by atoms with van der Waals surface area (Å²) in [5.41, 5.74) is 11.3. The topological polar surface area (TPSA) is 160 Å². The number of hydrogen-bond donors (Lipinski definition) is 2. The molecule has 0 bridgehead atoms. The molecular weight excluding hydrogens is 558 g/mol. The molecule has 0 saturated carbocycles. The Kier molecular flexibility index (Phi) is 5.63. The van der Waals surface area contributed by atoms with Crippen molar-refractivity contribution in [2.45, 2.75) is 18.9 Å². The minimum absolute atomic E-state index is 0.0487. The third-order valence-corrected chi connectivity index (χ3v) is 8.13. The van der Waals surface area contributed by atoms with Gasteiger partial charge in [0.05, 0.1) is 34.4 Å². The molecule has 0 radical (unpaired) electrons. The highest BCUT2D eigenvalue weighted by atomic mass is 16.3. The van der Waals surface area contributed by atoms with Gasteiger partial charge >= 0.3 is 0 Å². The van der Waals surface area contributed by atoms with E-state index in [4.69, 9.17) is 15.7 Å². The van der Waals surface area contributed by atoms with Gasteiger partial charge in [0.2, 0.25) is 0 Å². The molecule has 1 aliphatic rings. The molecule has 2 aromatic carbocycles. The molecule has 3 N–H and O–H groups in total. The van der Waals surface area contributed by atoms with Crippen LogP contribution in [-0.4, -0.2) is 50.2 Å². The van der Waals surface area contributed by atoms with Crippen molar-refractivity contribution in [3.8, 4) is 28.6 Å². The maximum absolute atomic E-state index is 13.5. The lowest BCUT2D eigenvalue weighted by Crippen LogP contribution is -2.25. The number of rotatable bonds is 5. The number of nitrogens with zero attached hydrogens (tertiary/aromatic N) is 8. The lowest BCUT2D eigenvalue weighted by Gasteiger charge is -2.17. The largest absolute Gasteiger partial charge is 0.507 e. The van der Waals surface area contributed by atoms with E-state index < -0.39 is 0 Å². The number of aromatic hydroxyl groups is 1. The summed E-state index contributed by atoms with van der Waals surface area (Å²) in [6, 6.07) is 17.9. The van der Waals surface area contributed by atoms with Gasteiger partial charge in [-0.1, -0.05) is 6.07 Å². The fourth-order valence-corrected chi connectivity index (χ4v) is 6.02. The molecule has 0 amide bonds. The number of carbonyl (C=O) groups is 1. The van der Waals surface area contributed by atoms with Crippen LogP contribution in [0.5, 0.6) is 5.75 Å². The number of phenolic OH excluding ortho intramolecular Hbond substituents is 1. The van der Waals surface area contributed by atoms with Gasteiger partial charge in [-0.2, -0.15) is 5.10 Å². The molecule has 214 valence electrons. The summed E-state index contributed by atoms with van der Waals surface area (Å²) in [6.45, 7) is 0. The summed E-state index contributed by atoms with van der Waals surface area (Å²) in [7, 11) is 0. The van der Waals surface area contributed by atoms with Crippen molar-refractivity contribution in [3.05, 3.63) is 113 Å². The fourth-order valence-electron chi connectivity index (χ4n) is 6.02. The van der Waals surface area contributed by atoms with Crippen molar-refractivity contribution in [2.24, 2.45) is 0 Å². The van der Waals surface area contributed by atoms with Crippen LogP contribution >= 0.6 is 0 Å². The predicted octanol–water partition coefficient (Wildman–Crippen LogP) is 4.01. The SMILES string of the molecule is Nc1ncccc1-c1nc2ccc(-n3cccn3)nc2n1-c1ccc2c(c1)CC[C@@H]2n1cnc2cc(O)c(C=O)cc2c1=O. The first-order valence-corrected chi connectivity index (χ1v) is 13.9. The molecule has 5 aromatic heterocycles. The van der Waals surface area contributed by atoms with Crippen molar-refractivity contribution in [1.29, 1.82) is 0 Å². The zero-order valence-electron chi connectivity index (χ0n) is 23.1. The second kappa shape index (κ2) is 9.70. The van der Waals surface area contributed by atoms with Crippen LogP contribution in [0.4, 0.5) is 5.82 Å². The lowest BCUT2D eigenvalue weighted by molar-refractivity contribution is 0.112. The van der Waals surface area contributed by atoms with E-state index in [1.54, 1.807) is 21.6 Å². The molecule has 0 saturated heterocycles. The Morgan fingerprint density at radius 2 is 1.89 bits per heavy atom. The predicted molar refractivity (Wildman–Crippen MR) is 163 cm³/mol. The van der Waals surface area contributed by atoms with Gasteiger partial charge in [-0.15, -0.1) is 0 Å². The van der Waals surface area contributed by atoms with Crippen LogP contribution in [0.15, 0.2) is 90.4 Å². The number of imidazole rings is 1. The number of benzene rings is 2. The van der Waals surface area contributed by atoms with Crippen molar-refractivity contribution in [1.82, 2.24) is 38.9 Å². The van der Waals surface area contributed by atoms with Gasteiger partial charge in [0.15, 0.2) is 23.6 Å². The number of fused-ring (bicyclic) bond motifs is 3. The Hall–Kier alpha value is -6.17. The number of aromatic nitrogens is 8. The zero-order chi connectivity index (χ0) is 29.9. The van der Waals surface area contributed by atoms with Gasteiger partial charge in [-0.25, -0.2) is 24.6 Å². The van der Waals surface area contributed by atoms with E-state index in [-0.39, 0.29) is 28.3 Å². The Morgan fingerprint density at radius 3 is 2.70 bits per heavy atom. The summed E-state index contributed by atoms with van der Waals surface area (Å²) >= 11 is 0. The van der Waals surface area contributed by atoms with Crippen LogP contribution in [0.2, 0.25) is 0 Å². The standard InChI is InChI=1S/C32H23N9O3/c33-29-22(3-1-10-34-29)30-37-24-7-9-28(40-12-2-11-36-40)38-31(24)41(30)20-5-6-21-18(13-20)4-8-26(21)39-17-35-25-15-27(43)19(16-42)14-23(25)32(39)44/h1-3,5-7,9-17,26,43H,4,8H2,(H2,33,34)/t26-/m0/s1. The van der Waals surface area contributed by atoms with E-state index in [0.717, 1.165) is 23.2 Å². The van der Waals surface area contributed by atoms with Crippen molar-refractivity contribution < 1.29 is 9.90 Å². The first-order valence-electron chi connectivity index (χ1n) is 13.9. The Bertz CT molecular complexity index is 2320. The molecule has 44 heavy (non-hydrogen) atoms. The van der Waals surface area contributed by atoms with Crippen molar-refractivity contribution >= 4 is 34.2 Å². The molecule has 0 fully saturated rings. The third kappa shape index (κ3) is 3.88. The van der Waals surface area contributed by atoms with Gasteiger partial charge in [-0.05, 0) is 72.5 Å². The number of aryl methyl sites for hydroxylation is 1. The van der Waals surface area contributed by atoms with Crippen LogP contribution in [-0.2, 0) is 6.42 Å². The highest BCUT2D eigenvalue weighted by Gasteiger charge is 2.27. The smallest absolute Gasteiger partial charge is 0.261 e. The Balaban J connectivity index is 1.27. The Labute approximate surface area is 248 Å². The minimum atomic E-state index is -0.273. The maximum Gasteiger partial charge on any atom is 0.261 e. The molecular formula is C32H23N9O3. The highest BCUT2D eigenvalue weighted by Crippen LogP contribution is 2.37. The highest BCUT2D eigenvalue weighted by molar-refractivity contribution is 5.89. The maximum atomic E-state index is 13.5. The number of nitrogens with two attached hydrogens (primary N) is 1. The van der Waals surface area contributed by atoms with Crippen LogP contribution in [0.25, 0.3) is 45.0 Å². The van der Waals surface area contributed by atoms with E-state index in [2.05, 4.69) is 21.1 Å². The Morgan fingerprint density at radius 1 is 0.977 bits per heavy atom. The number of pyridine rings is 2. The summed E-state index contributed by atoms with van der Waals surface area (Å²) in [4.78, 5) is 43.5. The van der Waals surface area contributed by atoms with Gasteiger partial charge in [0.1, 0.15) is 17.1 Å². The first kappa shape index (κ1) is 25.5. The molecule has 5 heterocycles. The monoisotopic (exact) mass is 581 g/mol. The van der Waals surface area contributed by atoms with E-state index in [0.29, 0.717) is 52.4 Å². The van der Waals surface area contributed by atoms with E-state index in [1.165, 1.54) is 18.5 Å². The van der Waals surface area contributed by atoms with Gasteiger partial charge < -0.3 is 10.8 Å². The molecule has 7 aromatic rings. The van der Waals surface area contributed by atoms with E-state index >= 15 is 0 Å². The second-order valence-corrected chi connectivity index (χ2v) is 10.6. The van der Waals surface area contributed by atoms with Crippen LogP contribution < -0.4 is 11.3 Å². The van der Waals surface area contributed by atoms with E-state index in [1.807, 2.05) is 53.2 Å². The van der Waals surface area contributed by atoms with E-state index in [9.17, 15) is 14.7 Å². The molecule has 0 aliphatic heterocycles. The van der Waals surface area contributed by atoms with Crippen LogP contribution in [0.3, 0.4) is 0 Å². The normalized spacial score (nSPS) is 14.3. The van der Waals surface area contributed by atoms with Gasteiger partial charge in [0, 0.05) is 30.3 Å². The minimum Gasteiger partial charge on any atom is -0.507 e. The van der Waals surface area contributed by atoms with Gasteiger partial charge in [0.25, 0.3) is 5.56 Å². The van der Waals surface area contributed by atoms with Crippen LogP contribution in [0.1, 0.15) is 33.9 Å². The fraction of sp³-hybridized carbons (Fsp3) is 0.0938. The van der Waals surface area contributed by atoms with Crippen LogP contribution in [0, 0.1) is 0 Å². The van der Waals surface area contributed by atoms with Gasteiger partial charge in [-0.3, -0.25) is 18.7 Å². The number of hydrogen-bond acceptors (Lipinski definition) is 9.